The number of aromatic nitrogens is 3. The van der Waals surface area contributed by atoms with Crippen LogP contribution in [0.15, 0.2) is 22.2 Å². The SMILES string of the molecule is CSC1=Nc2c3c(nc(=O)cnc3cn2CO[C@H](CO)[C@@H](O)C(C)SC)N1. The topological polar surface area (TPSA) is 122 Å². The highest BCUT2D eigenvalue weighted by Gasteiger charge is 2.26. The van der Waals surface area contributed by atoms with Crippen molar-refractivity contribution in [3.8, 4) is 0 Å². The molecule has 3 heterocycles. The molecule has 2 aromatic rings. The summed E-state index contributed by atoms with van der Waals surface area (Å²) < 4.78 is 7.48. The fraction of sp³-hybridized carbons (Fsp3) is 0.500. The van der Waals surface area contributed by atoms with Crippen LogP contribution in [0.25, 0.3) is 10.9 Å². The monoisotopic (exact) mass is 411 g/mol. The van der Waals surface area contributed by atoms with Gasteiger partial charge in [-0.25, -0.2) is 9.98 Å². The van der Waals surface area contributed by atoms with Crippen molar-refractivity contribution in [2.24, 2.45) is 4.99 Å². The summed E-state index contributed by atoms with van der Waals surface area (Å²) in [4.78, 5) is 24.5. The van der Waals surface area contributed by atoms with Crippen molar-refractivity contribution in [2.45, 2.75) is 31.1 Å². The van der Waals surface area contributed by atoms with Gasteiger partial charge >= 0.3 is 0 Å². The van der Waals surface area contributed by atoms with Gasteiger partial charge in [0.15, 0.2) is 11.0 Å². The molecule has 0 bridgehead atoms. The molecule has 1 aliphatic rings. The molecule has 0 saturated carbocycles. The van der Waals surface area contributed by atoms with Crippen molar-refractivity contribution >= 4 is 51.2 Å². The molecule has 0 aliphatic carbocycles. The van der Waals surface area contributed by atoms with Crippen LogP contribution in [0.3, 0.4) is 0 Å². The summed E-state index contributed by atoms with van der Waals surface area (Å²) in [5.74, 6) is 0.957. The van der Waals surface area contributed by atoms with Crippen molar-refractivity contribution in [3.05, 3.63) is 22.7 Å². The van der Waals surface area contributed by atoms with E-state index in [0.717, 1.165) is 6.20 Å². The minimum atomic E-state index is -0.811. The largest absolute Gasteiger partial charge is 0.394 e. The molecule has 146 valence electrons. The third-order valence-electron chi connectivity index (χ3n) is 4.27. The van der Waals surface area contributed by atoms with E-state index in [1.165, 1.54) is 23.5 Å². The standard InChI is InChI=1S/C16H21N5O4S2/c1-8(26-2)13(24)10(6-22)25-7-21-5-9-12-14(18-11(23)4-17-9)19-16(27-3)20-15(12)21/h4-5,8,10,13,22,24H,6-7H2,1-3H3,(H,18,19,20,23)/t8?,10-,13+/m1/s1. The van der Waals surface area contributed by atoms with Crippen molar-refractivity contribution < 1.29 is 14.9 Å². The Labute approximate surface area is 164 Å². The average molecular weight is 412 g/mol. The number of aliphatic imine (C=N–C) groups is 1. The lowest BCUT2D eigenvalue weighted by molar-refractivity contribution is -0.0856. The Morgan fingerprint density at radius 3 is 2.85 bits per heavy atom. The van der Waals surface area contributed by atoms with Gasteiger partial charge in [0.2, 0.25) is 0 Å². The van der Waals surface area contributed by atoms with Gasteiger partial charge in [0.25, 0.3) is 5.56 Å². The Kier molecular flexibility index (Phi) is 6.37. The van der Waals surface area contributed by atoms with E-state index in [4.69, 9.17) is 4.74 Å². The lowest BCUT2D eigenvalue weighted by atomic mass is 10.1. The number of ether oxygens (including phenoxy) is 1. The average Bonchev–Trinajstić information content (AvgIpc) is 2.94. The first-order chi connectivity index (χ1) is 13.0. The van der Waals surface area contributed by atoms with Crippen LogP contribution in [0.4, 0.5) is 11.6 Å². The molecule has 0 amide bonds. The first kappa shape index (κ1) is 20.1. The van der Waals surface area contributed by atoms with Gasteiger partial charge in [-0.1, -0.05) is 18.7 Å². The number of amidine groups is 1. The predicted octanol–water partition coefficient (Wildman–Crippen LogP) is 1.01. The van der Waals surface area contributed by atoms with Crippen molar-refractivity contribution in [3.63, 3.8) is 0 Å². The molecule has 27 heavy (non-hydrogen) atoms. The van der Waals surface area contributed by atoms with E-state index < -0.39 is 17.8 Å². The zero-order chi connectivity index (χ0) is 19.6. The summed E-state index contributed by atoms with van der Waals surface area (Å²) in [6, 6.07) is 0. The normalized spacial score (nSPS) is 16.6. The number of anilines is 1. The number of aliphatic hydroxyl groups excluding tert-OH is 2. The third-order valence-corrected chi connectivity index (χ3v) is 5.87. The molecule has 1 unspecified atom stereocenters. The number of hydrogen-bond donors (Lipinski definition) is 3. The zero-order valence-electron chi connectivity index (χ0n) is 15.1. The molecular weight excluding hydrogens is 390 g/mol. The summed E-state index contributed by atoms with van der Waals surface area (Å²) >= 11 is 2.88. The van der Waals surface area contributed by atoms with Crippen molar-refractivity contribution in [1.82, 2.24) is 14.5 Å². The van der Waals surface area contributed by atoms with Crippen LogP contribution in [-0.4, -0.2) is 66.5 Å². The molecule has 0 aromatic carbocycles. The molecular formula is C16H21N5O4S2. The minimum Gasteiger partial charge on any atom is -0.394 e. The summed E-state index contributed by atoms with van der Waals surface area (Å²) in [5, 5.41) is 24.1. The second-order valence-corrected chi connectivity index (χ2v) is 7.94. The molecule has 3 N–H and O–H groups in total. The first-order valence-electron chi connectivity index (χ1n) is 8.21. The van der Waals surface area contributed by atoms with Crippen LogP contribution in [0.2, 0.25) is 0 Å². The molecule has 3 atom stereocenters. The molecule has 11 heteroatoms. The number of thioether (sulfide) groups is 2. The molecule has 9 nitrogen and oxygen atoms in total. The number of rotatable bonds is 7. The summed E-state index contributed by atoms with van der Waals surface area (Å²) in [6.07, 6.45) is 5.08. The summed E-state index contributed by atoms with van der Waals surface area (Å²) in [5.41, 5.74) is 0.104. The lowest BCUT2D eigenvalue weighted by Gasteiger charge is -2.25. The second-order valence-electron chi connectivity index (χ2n) is 5.93. The Balaban J connectivity index is 1.95. The van der Waals surface area contributed by atoms with Crippen molar-refractivity contribution in [2.75, 3.05) is 24.4 Å². The van der Waals surface area contributed by atoms with E-state index in [2.05, 4.69) is 20.3 Å². The fourth-order valence-electron chi connectivity index (χ4n) is 2.68. The van der Waals surface area contributed by atoms with E-state index in [1.807, 2.05) is 19.4 Å². The van der Waals surface area contributed by atoms with E-state index >= 15 is 0 Å². The maximum Gasteiger partial charge on any atom is 0.290 e. The molecule has 2 aromatic heterocycles. The minimum absolute atomic E-state index is 0.0631. The molecule has 0 radical (unpaired) electrons. The quantitative estimate of drug-likeness (QED) is 0.613. The van der Waals surface area contributed by atoms with E-state index in [1.54, 1.807) is 10.8 Å². The highest BCUT2D eigenvalue weighted by molar-refractivity contribution is 8.13. The Bertz CT molecular complexity index is 920. The van der Waals surface area contributed by atoms with Crippen LogP contribution in [0.1, 0.15) is 6.92 Å². The van der Waals surface area contributed by atoms with Gasteiger partial charge in [-0.3, -0.25) is 4.79 Å². The molecule has 0 fully saturated rings. The van der Waals surface area contributed by atoms with Gasteiger partial charge in [0.05, 0.1) is 29.8 Å². The Morgan fingerprint density at radius 1 is 1.41 bits per heavy atom. The third kappa shape index (κ3) is 4.11. The van der Waals surface area contributed by atoms with Gasteiger partial charge in [-0.05, 0) is 12.5 Å². The van der Waals surface area contributed by atoms with Crippen molar-refractivity contribution in [1.29, 1.82) is 0 Å². The Hall–Kier alpha value is -1.66. The smallest absolute Gasteiger partial charge is 0.290 e. The predicted molar refractivity (Wildman–Crippen MR) is 109 cm³/mol. The second kappa shape index (κ2) is 8.57. The molecule has 1 aliphatic heterocycles. The van der Waals surface area contributed by atoms with E-state index in [0.29, 0.717) is 27.7 Å². The highest BCUT2D eigenvalue weighted by Crippen LogP contribution is 2.35. The molecule has 0 saturated heterocycles. The van der Waals surface area contributed by atoms with Gasteiger partial charge in [-0.2, -0.15) is 16.7 Å². The maximum atomic E-state index is 11.7. The number of aliphatic hydroxyl groups is 2. The number of nitrogens with zero attached hydrogens (tertiary/aromatic N) is 4. The summed E-state index contributed by atoms with van der Waals surface area (Å²) in [7, 11) is 0. The molecule has 3 rings (SSSR count). The van der Waals surface area contributed by atoms with Gasteiger partial charge in [0.1, 0.15) is 18.7 Å². The van der Waals surface area contributed by atoms with Gasteiger partial charge in [0, 0.05) is 11.4 Å². The maximum absolute atomic E-state index is 11.7. The Morgan fingerprint density at radius 2 is 2.19 bits per heavy atom. The molecule has 0 spiro atoms. The number of hydrogen-bond acceptors (Lipinski definition) is 10. The van der Waals surface area contributed by atoms with Crippen LogP contribution >= 0.6 is 23.5 Å². The summed E-state index contributed by atoms with van der Waals surface area (Å²) in [6.45, 7) is 1.63. The van der Waals surface area contributed by atoms with Gasteiger partial charge in [-0.15, -0.1) is 0 Å². The first-order valence-corrected chi connectivity index (χ1v) is 10.7. The van der Waals surface area contributed by atoms with E-state index in [9.17, 15) is 15.0 Å². The van der Waals surface area contributed by atoms with Crippen LogP contribution in [0.5, 0.6) is 0 Å². The van der Waals surface area contributed by atoms with Gasteiger partial charge < -0.3 is 24.8 Å². The fourth-order valence-corrected chi connectivity index (χ4v) is 3.52. The van der Waals surface area contributed by atoms with Crippen LogP contribution < -0.4 is 10.9 Å². The lowest BCUT2D eigenvalue weighted by Crippen LogP contribution is -2.39. The van der Waals surface area contributed by atoms with Crippen LogP contribution in [-0.2, 0) is 11.5 Å². The number of nitrogens with one attached hydrogen (secondary N) is 1. The highest BCUT2D eigenvalue weighted by atomic mass is 32.2. The van der Waals surface area contributed by atoms with Crippen LogP contribution in [0, 0.1) is 0 Å². The van der Waals surface area contributed by atoms with E-state index in [-0.39, 0.29) is 18.6 Å². The zero-order valence-corrected chi connectivity index (χ0v) is 16.8.